The number of nitrogens with zero attached hydrogens (tertiary/aromatic N) is 1. The highest BCUT2D eigenvalue weighted by Crippen LogP contribution is 2.10. The van der Waals surface area contributed by atoms with Crippen molar-refractivity contribution in [2.45, 2.75) is 6.29 Å². The Hall–Kier alpha value is -1.29. The van der Waals surface area contributed by atoms with Crippen LogP contribution in [0.2, 0.25) is 0 Å². The number of aliphatic hydroxyl groups excluding tert-OH is 1. The Labute approximate surface area is 106 Å². The first-order valence-electron chi connectivity index (χ1n) is 4.55. The predicted molar refractivity (Wildman–Crippen MR) is 64.9 cm³/mol. The lowest BCUT2D eigenvalue weighted by Crippen LogP contribution is -2.37. The molecule has 0 aliphatic rings. The van der Waals surface area contributed by atoms with Crippen molar-refractivity contribution in [3.63, 3.8) is 0 Å². The second-order valence-corrected chi connectivity index (χ2v) is 4.08. The molecular weight excluding hydrogens is 266 g/mol. The van der Waals surface area contributed by atoms with Gasteiger partial charge in [-0.1, -0.05) is 12.2 Å². The fourth-order valence-corrected chi connectivity index (χ4v) is 1.73. The molecule has 1 heterocycles. The molecule has 0 fully saturated rings. The van der Waals surface area contributed by atoms with Crippen LogP contribution in [0.3, 0.4) is 0 Å². The van der Waals surface area contributed by atoms with Crippen molar-refractivity contribution < 1.29 is 20.1 Å². The molecule has 0 radical (unpaired) electrons. The predicted octanol–water partition coefficient (Wildman–Crippen LogP) is 0.00348. The maximum Gasteiger partial charge on any atom is 0.323 e. The van der Waals surface area contributed by atoms with Crippen LogP contribution in [-0.4, -0.2) is 50.6 Å². The normalized spacial score (nSPS) is 10.5. The summed E-state index contributed by atoms with van der Waals surface area (Å²) in [5.74, 6) is -0.794. The Morgan fingerprint density at radius 2 is 2.06 bits per heavy atom. The fourth-order valence-electron chi connectivity index (χ4n) is 1.23. The van der Waals surface area contributed by atoms with Crippen LogP contribution in [-0.2, 0) is 4.79 Å². The maximum absolute atomic E-state index is 10.7. The van der Waals surface area contributed by atoms with E-state index in [0.717, 1.165) is 0 Å². The van der Waals surface area contributed by atoms with Crippen molar-refractivity contribution in [2.24, 2.45) is 0 Å². The zero-order valence-corrected chi connectivity index (χ0v) is 10.2. The number of anilines is 1. The highest BCUT2D eigenvalue weighted by Gasteiger charge is 2.14. The minimum Gasteiger partial charge on any atom is -0.480 e. The number of aliphatic hydroxyl groups is 2. The first-order chi connectivity index (χ1) is 7.88. The Morgan fingerprint density at radius 1 is 1.41 bits per heavy atom. The Morgan fingerprint density at radius 3 is 2.53 bits per heavy atom. The fraction of sp³-hybridized carbons (Fsp3) is 0.375. The molecule has 0 bridgehead atoms. The minimum absolute atomic E-state index is 0.232. The van der Waals surface area contributed by atoms with Crippen molar-refractivity contribution in [3.8, 4) is 0 Å². The van der Waals surface area contributed by atoms with E-state index in [4.69, 9.17) is 39.8 Å². The minimum atomic E-state index is -1.66. The lowest BCUT2D eigenvalue weighted by atomic mass is 10.4. The van der Waals surface area contributed by atoms with Crippen molar-refractivity contribution in [3.05, 3.63) is 15.5 Å². The number of carboxylic acids is 1. The maximum atomic E-state index is 10.7. The Kier molecular flexibility index (Phi) is 4.75. The second kappa shape index (κ2) is 5.87. The topological polar surface area (TPSA) is 113 Å². The molecule has 5 N–H and O–H groups in total. The van der Waals surface area contributed by atoms with E-state index in [1.165, 1.54) is 11.0 Å². The van der Waals surface area contributed by atoms with Crippen molar-refractivity contribution in [1.82, 2.24) is 9.97 Å². The molecule has 0 saturated heterocycles. The highest BCUT2D eigenvalue weighted by molar-refractivity contribution is 7.72. The molecule has 9 heteroatoms. The molecule has 0 aliphatic heterocycles. The van der Waals surface area contributed by atoms with E-state index in [0.29, 0.717) is 10.5 Å². The molecular formula is C8H11N3O4S2. The summed E-state index contributed by atoms with van der Waals surface area (Å²) in [6.07, 6.45) is -1.66. The van der Waals surface area contributed by atoms with Crippen LogP contribution in [0.15, 0.2) is 6.07 Å². The van der Waals surface area contributed by atoms with E-state index in [-0.39, 0.29) is 11.3 Å². The van der Waals surface area contributed by atoms with Crippen molar-refractivity contribution >= 4 is 36.2 Å². The van der Waals surface area contributed by atoms with Gasteiger partial charge in [0.05, 0.1) is 6.54 Å². The van der Waals surface area contributed by atoms with E-state index < -0.39 is 18.8 Å². The quantitative estimate of drug-likeness (QED) is 0.380. The number of rotatable bonds is 5. The van der Waals surface area contributed by atoms with E-state index in [2.05, 4.69) is 9.97 Å². The summed E-state index contributed by atoms with van der Waals surface area (Å²) in [4.78, 5) is 17.2. The smallest absolute Gasteiger partial charge is 0.323 e. The van der Waals surface area contributed by atoms with Gasteiger partial charge in [0.25, 0.3) is 0 Å². The highest BCUT2D eigenvalue weighted by atomic mass is 32.1. The number of hydrogen-bond acceptors (Lipinski definition) is 6. The molecule has 0 unspecified atom stereocenters. The zero-order valence-electron chi connectivity index (χ0n) is 8.58. The summed E-state index contributed by atoms with van der Waals surface area (Å²) in [5, 5.41) is 26.5. The third kappa shape index (κ3) is 4.61. The molecule has 0 saturated carbocycles. The van der Waals surface area contributed by atoms with Gasteiger partial charge in [0.15, 0.2) is 11.1 Å². The molecule has 7 nitrogen and oxygen atoms in total. The first-order valence-corrected chi connectivity index (χ1v) is 5.36. The average molecular weight is 277 g/mol. The van der Waals surface area contributed by atoms with E-state index in [1.54, 1.807) is 0 Å². The summed E-state index contributed by atoms with van der Waals surface area (Å²) in [5.41, 5.74) is 0. The Balaban J connectivity index is 3.07. The average Bonchev–Trinajstić information content (AvgIpc) is 2.13. The summed E-state index contributed by atoms with van der Waals surface area (Å²) in [6, 6.07) is 1.45. The molecule has 94 valence electrons. The number of aromatic amines is 2. The number of aliphatic carboxylic acids is 1. The number of carbonyl (C=O) groups is 1. The lowest BCUT2D eigenvalue weighted by molar-refractivity contribution is -0.135. The van der Waals surface area contributed by atoms with Gasteiger partial charge < -0.3 is 30.2 Å². The van der Waals surface area contributed by atoms with Crippen LogP contribution in [0, 0.1) is 9.41 Å². The monoisotopic (exact) mass is 277 g/mol. The third-order valence-electron chi connectivity index (χ3n) is 1.80. The molecule has 1 aromatic rings. The largest absolute Gasteiger partial charge is 0.480 e. The van der Waals surface area contributed by atoms with Gasteiger partial charge in [-0.2, -0.15) is 0 Å². The Bertz CT molecular complexity index is 482. The zero-order chi connectivity index (χ0) is 13.0. The second-order valence-electron chi connectivity index (χ2n) is 3.23. The molecule has 0 spiro atoms. The third-order valence-corrected chi connectivity index (χ3v) is 2.22. The molecule has 0 aromatic carbocycles. The van der Waals surface area contributed by atoms with Gasteiger partial charge in [0, 0.05) is 6.07 Å². The number of H-pyrrole nitrogens is 2. The number of carboxylic acid groups (broad SMARTS) is 1. The van der Waals surface area contributed by atoms with Gasteiger partial charge in [0.1, 0.15) is 17.0 Å². The van der Waals surface area contributed by atoms with E-state index in [1.807, 2.05) is 0 Å². The van der Waals surface area contributed by atoms with Gasteiger partial charge >= 0.3 is 5.97 Å². The standard InChI is InChI=1S/C8H11N3O4S2/c12-6(13)2-11(3-7(14)15)4-1-5(16)10-8(17)9-4/h1,6,12-13H,2-3H2,(H,14,15)(H2,9,10,16,17). The summed E-state index contributed by atoms with van der Waals surface area (Å²) in [6.45, 7) is -0.669. The van der Waals surface area contributed by atoms with Gasteiger partial charge in [-0.25, -0.2) is 0 Å². The first kappa shape index (κ1) is 13.8. The van der Waals surface area contributed by atoms with Gasteiger partial charge in [-0.15, -0.1) is 0 Å². The van der Waals surface area contributed by atoms with Gasteiger partial charge in [-0.05, 0) is 12.2 Å². The lowest BCUT2D eigenvalue weighted by Gasteiger charge is -2.22. The van der Waals surface area contributed by atoms with E-state index >= 15 is 0 Å². The van der Waals surface area contributed by atoms with Crippen molar-refractivity contribution in [2.75, 3.05) is 18.0 Å². The molecule has 0 atom stereocenters. The number of nitrogens with one attached hydrogen (secondary N) is 2. The summed E-state index contributed by atoms with van der Waals surface area (Å²) >= 11 is 9.75. The van der Waals surface area contributed by atoms with Crippen LogP contribution in [0.4, 0.5) is 5.82 Å². The summed E-state index contributed by atoms with van der Waals surface area (Å²) < 4.78 is 0.557. The van der Waals surface area contributed by atoms with Crippen LogP contribution in [0.5, 0.6) is 0 Å². The molecule has 17 heavy (non-hydrogen) atoms. The molecule has 1 rings (SSSR count). The van der Waals surface area contributed by atoms with Crippen molar-refractivity contribution in [1.29, 1.82) is 0 Å². The number of aromatic nitrogens is 2. The van der Waals surface area contributed by atoms with Gasteiger partial charge in [0.2, 0.25) is 0 Å². The molecule has 1 aromatic heterocycles. The SMILES string of the molecule is O=C(O)CN(CC(O)O)c1cc(=S)[nH]c(=S)[nH]1. The van der Waals surface area contributed by atoms with Crippen LogP contribution < -0.4 is 4.90 Å². The van der Waals surface area contributed by atoms with Crippen LogP contribution in [0.25, 0.3) is 0 Å². The van der Waals surface area contributed by atoms with Gasteiger partial charge in [-0.3, -0.25) is 4.79 Å². The van der Waals surface area contributed by atoms with E-state index in [9.17, 15) is 4.79 Å². The van der Waals surface area contributed by atoms with Crippen LogP contribution in [0.1, 0.15) is 0 Å². The molecule has 0 aliphatic carbocycles. The molecule has 0 amide bonds. The number of hydrogen-bond donors (Lipinski definition) is 5. The van der Waals surface area contributed by atoms with Crippen LogP contribution >= 0.6 is 24.4 Å². The summed E-state index contributed by atoms with van der Waals surface area (Å²) in [7, 11) is 0.